The molecule has 0 spiro atoms. The lowest BCUT2D eigenvalue weighted by atomic mass is 10.1. The minimum atomic E-state index is -0.100. The van der Waals surface area contributed by atoms with Crippen molar-refractivity contribution in [1.82, 2.24) is 4.90 Å². The summed E-state index contributed by atoms with van der Waals surface area (Å²) in [5, 5.41) is 9.51. The summed E-state index contributed by atoms with van der Waals surface area (Å²) in [4.78, 5) is 13.8. The van der Waals surface area contributed by atoms with Crippen LogP contribution in [-0.4, -0.2) is 30.8 Å². The molecule has 0 aliphatic rings. The van der Waals surface area contributed by atoms with Gasteiger partial charge in [-0.15, -0.1) is 0 Å². The summed E-state index contributed by atoms with van der Waals surface area (Å²) in [6.45, 7) is 2.63. The highest BCUT2D eigenvalue weighted by Crippen LogP contribution is 2.22. The van der Waals surface area contributed by atoms with Gasteiger partial charge in [-0.05, 0) is 32.2 Å². The zero-order valence-electron chi connectivity index (χ0n) is 10.3. The Bertz CT molecular complexity index is 482. The zero-order valence-corrected chi connectivity index (χ0v) is 11.8. The molecule has 0 amide bonds. The van der Waals surface area contributed by atoms with Gasteiger partial charge in [-0.2, -0.15) is 5.26 Å². The van der Waals surface area contributed by atoms with E-state index >= 15 is 0 Å². The first-order chi connectivity index (χ1) is 8.43. The number of hydrogen-bond donors (Lipinski definition) is 0. The van der Waals surface area contributed by atoms with Gasteiger partial charge in [-0.3, -0.25) is 9.69 Å². The molecule has 96 valence electrons. The molecule has 1 aromatic rings. The average Bonchev–Trinajstić information content (AvgIpc) is 2.32. The van der Waals surface area contributed by atoms with E-state index in [9.17, 15) is 4.79 Å². The van der Waals surface area contributed by atoms with Crippen LogP contribution in [-0.2, 0) is 0 Å². The average molecular weight is 285 g/mol. The van der Waals surface area contributed by atoms with Crippen LogP contribution in [0.1, 0.15) is 17.3 Å². The zero-order chi connectivity index (χ0) is 13.7. The number of nitriles is 1. The van der Waals surface area contributed by atoms with Gasteiger partial charge >= 0.3 is 0 Å². The molecule has 1 unspecified atom stereocenters. The SMILES string of the molecule is CC(C#N)CN(C)CC(=O)c1ccc(Cl)c(Cl)c1. The molecule has 3 nitrogen and oxygen atoms in total. The van der Waals surface area contributed by atoms with Crippen molar-refractivity contribution in [2.45, 2.75) is 6.92 Å². The molecule has 0 saturated carbocycles. The first-order valence-corrected chi connectivity index (χ1v) is 6.26. The van der Waals surface area contributed by atoms with E-state index in [1.807, 2.05) is 18.9 Å². The van der Waals surface area contributed by atoms with Crippen LogP contribution in [0.3, 0.4) is 0 Å². The third-order valence-electron chi connectivity index (χ3n) is 2.46. The third-order valence-corrected chi connectivity index (χ3v) is 3.20. The lowest BCUT2D eigenvalue weighted by Crippen LogP contribution is -2.29. The van der Waals surface area contributed by atoms with Crippen LogP contribution in [0.4, 0.5) is 0 Å². The van der Waals surface area contributed by atoms with Gasteiger partial charge in [0.15, 0.2) is 5.78 Å². The summed E-state index contributed by atoms with van der Waals surface area (Å²) in [5.74, 6) is -0.141. The molecule has 0 bridgehead atoms. The first kappa shape index (κ1) is 15.0. The normalized spacial score (nSPS) is 12.2. The molecule has 0 aliphatic heterocycles. The Kier molecular flexibility index (Phi) is 5.61. The van der Waals surface area contributed by atoms with Crippen molar-refractivity contribution in [1.29, 1.82) is 5.26 Å². The number of halogens is 2. The fraction of sp³-hybridized carbons (Fsp3) is 0.385. The number of Topliss-reactive ketones (excluding diaryl/α,β-unsaturated/α-hetero) is 1. The molecule has 1 aromatic carbocycles. The largest absolute Gasteiger partial charge is 0.298 e. The molecule has 0 radical (unpaired) electrons. The lowest BCUT2D eigenvalue weighted by molar-refractivity contribution is 0.0943. The highest BCUT2D eigenvalue weighted by molar-refractivity contribution is 6.42. The van der Waals surface area contributed by atoms with Gasteiger partial charge in [0, 0.05) is 12.1 Å². The van der Waals surface area contributed by atoms with Gasteiger partial charge in [0.1, 0.15) is 0 Å². The number of ketones is 1. The fourth-order valence-corrected chi connectivity index (χ4v) is 1.88. The first-order valence-electron chi connectivity index (χ1n) is 5.50. The number of hydrogen-bond acceptors (Lipinski definition) is 3. The van der Waals surface area contributed by atoms with E-state index in [0.29, 0.717) is 22.2 Å². The summed E-state index contributed by atoms with van der Waals surface area (Å²) >= 11 is 11.6. The molecule has 5 heteroatoms. The smallest absolute Gasteiger partial charge is 0.176 e. The predicted molar refractivity (Wildman–Crippen MR) is 73.1 cm³/mol. The molecular weight excluding hydrogens is 271 g/mol. The van der Waals surface area contributed by atoms with Crippen molar-refractivity contribution in [2.75, 3.05) is 20.1 Å². The number of nitrogens with zero attached hydrogens (tertiary/aromatic N) is 2. The minimum Gasteiger partial charge on any atom is -0.298 e. The number of likely N-dealkylation sites (N-methyl/N-ethyl adjacent to an activating group) is 1. The van der Waals surface area contributed by atoms with Crippen LogP contribution in [0, 0.1) is 17.2 Å². The van der Waals surface area contributed by atoms with Crippen molar-refractivity contribution in [2.24, 2.45) is 5.92 Å². The van der Waals surface area contributed by atoms with Crippen LogP contribution in [0.15, 0.2) is 18.2 Å². The van der Waals surface area contributed by atoms with Crippen molar-refractivity contribution >= 4 is 29.0 Å². The van der Waals surface area contributed by atoms with Gasteiger partial charge in [-0.25, -0.2) is 0 Å². The minimum absolute atomic E-state index is 0.0405. The fourth-order valence-electron chi connectivity index (χ4n) is 1.58. The topological polar surface area (TPSA) is 44.1 Å². The predicted octanol–water partition coefficient (Wildman–Crippen LogP) is 3.27. The Hall–Kier alpha value is -1.08. The third kappa shape index (κ3) is 4.30. The second kappa shape index (κ2) is 6.75. The number of rotatable bonds is 5. The van der Waals surface area contributed by atoms with Crippen LogP contribution in [0.25, 0.3) is 0 Å². The molecule has 0 heterocycles. The Morgan fingerprint density at radius 3 is 2.67 bits per heavy atom. The molecule has 0 N–H and O–H groups in total. The van der Waals surface area contributed by atoms with Crippen molar-refractivity contribution in [3.63, 3.8) is 0 Å². The van der Waals surface area contributed by atoms with Crippen molar-refractivity contribution < 1.29 is 4.79 Å². The quantitative estimate of drug-likeness (QED) is 0.780. The molecule has 1 atom stereocenters. The van der Waals surface area contributed by atoms with E-state index in [1.165, 1.54) is 0 Å². The van der Waals surface area contributed by atoms with Crippen LogP contribution < -0.4 is 0 Å². The maximum atomic E-state index is 12.0. The highest BCUT2D eigenvalue weighted by Gasteiger charge is 2.12. The maximum absolute atomic E-state index is 12.0. The Morgan fingerprint density at radius 1 is 1.44 bits per heavy atom. The molecule has 0 aliphatic carbocycles. The van der Waals surface area contributed by atoms with Gasteiger partial charge in [0.25, 0.3) is 0 Å². The molecule has 0 saturated heterocycles. The highest BCUT2D eigenvalue weighted by atomic mass is 35.5. The Balaban J connectivity index is 2.65. The standard InChI is InChI=1S/C13H14Cl2N2O/c1-9(6-16)7-17(2)8-13(18)10-3-4-11(14)12(15)5-10/h3-5,9H,7-8H2,1-2H3. The molecule has 0 aromatic heterocycles. The van der Waals surface area contributed by atoms with Gasteiger partial charge < -0.3 is 0 Å². The van der Waals surface area contributed by atoms with E-state index in [-0.39, 0.29) is 18.2 Å². The van der Waals surface area contributed by atoms with E-state index in [0.717, 1.165) is 0 Å². The maximum Gasteiger partial charge on any atom is 0.176 e. The summed E-state index contributed by atoms with van der Waals surface area (Å²) < 4.78 is 0. The van der Waals surface area contributed by atoms with Crippen LogP contribution in [0.2, 0.25) is 10.0 Å². The summed E-state index contributed by atoms with van der Waals surface area (Å²) in [7, 11) is 1.81. The number of carbonyl (C=O) groups excluding carboxylic acids is 1. The van der Waals surface area contributed by atoms with E-state index in [4.69, 9.17) is 28.5 Å². The second-order valence-electron chi connectivity index (χ2n) is 4.28. The second-order valence-corrected chi connectivity index (χ2v) is 5.09. The molecule has 0 fully saturated rings. The van der Waals surface area contributed by atoms with E-state index < -0.39 is 0 Å². The van der Waals surface area contributed by atoms with Gasteiger partial charge in [0.05, 0.1) is 28.6 Å². The monoisotopic (exact) mass is 284 g/mol. The Morgan fingerprint density at radius 2 is 2.11 bits per heavy atom. The molecule has 18 heavy (non-hydrogen) atoms. The van der Waals surface area contributed by atoms with E-state index in [1.54, 1.807) is 18.2 Å². The van der Waals surface area contributed by atoms with E-state index in [2.05, 4.69) is 6.07 Å². The number of benzene rings is 1. The summed E-state index contributed by atoms with van der Waals surface area (Å²) in [6.07, 6.45) is 0. The van der Waals surface area contributed by atoms with Crippen LogP contribution >= 0.6 is 23.2 Å². The van der Waals surface area contributed by atoms with Gasteiger partial charge in [-0.1, -0.05) is 23.2 Å². The van der Waals surface area contributed by atoms with Crippen molar-refractivity contribution in [3.8, 4) is 6.07 Å². The molecule has 1 rings (SSSR count). The number of carbonyl (C=O) groups is 1. The lowest BCUT2D eigenvalue weighted by Gasteiger charge is -2.16. The van der Waals surface area contributed by atoms with Gasteiger partial charge in [0.2, 0.25) is 0 Å². The Labute approximate surface area is 117 Å². The van der Waals surface area contributed by atoms with Crippen LogP contribution in [0.5, 0.6) is 0 Å². The summed E-state index contributed by atoms with van der Waals surface area (Å²) in [6, 6.07) is 6.95. The summed E-state index contributed by atoms with van der Waals surface area (Å²) in [5.41, 5.74) is 0.529. The molecular formula is C13H14Cl2N2O. The van der Waals surface area contributed by atoms with Crippen molar-refractivity contribution in [3.05, 3.63) is 33.8 Å².